The molecule has 0 radical (unpaired) electrons. The molecule has 7 heteroatoms. The maximum absolute atomic E-state index is 12.9. The summed E-state index contributed by atoms with van der Waals surface area (Å²) in [6, 6.07) is 11.8. The number of hydrogen-bond donors (Lipinski definition) is 0. The minimum Gasteiger partial charge on any atom is -0.481 e. The molecule has 1 atom stereocenters. The number of likely N-dealkylation sites (N-methyl/N-ethyl adjacent to an activating group) is 1. The Morgan fingerprint density at radius 3 is 2.55 bits per heavy atom. The SMILES string of the molecule is CC[C@@H](Oc1ccc(C(C)(C)C)cc1)C(=O)N(C)Cc1nc(-c2cccs2)no1. The Morgan fingerprint density at radius 2 is 1.97 bits per heavy atom. The van der Waals surface area contributed by atoms with Crippen LogP contribution in [0, 0.1) is 0 Å². The van der Waals surface area contributed by atoms with E-state index in [0.717, 1.165) is 4.88 Å². The van der Waals surface area contributed by atoms with Gasteiger partial charge >= 0.3 is 0 Å². The van der Waals surface area contributed by atoms with Gasteiger partial charge in [-0.05, 0) is 41.0 Å². The molecule has 2 heterocycles. The minimum absolute atomic E-state index is 0.0742. The maximum Gasteiger partial charge on any atom is 0.263 e. The first-order valence-corrected chi connectivity index (χ1v) is 10.5. The second kappa shape index (κ2) is 8.78. The van der Waals surface area contributed by atoms with E-state index in [1.54, 1.807) is 23.3 Å². The Kier molecular flexibility index (Phi) is 6.37. The molecule has 154 valence electrons. The lowest BCUT2D eigenvalue weighted by Gasteiger charge is -2.23. The van der Waals surface area contributed by atoms with Gasteiger partial charge in [-0.1, -0.05) is 51.1 Å². The van der Waals surface area contributed by atoms with Crippen LogP contribution in [-0.4, -0.2) is 34.1 Å². The first-order valence-electron chi connectivity index (χ1n) is 9.66. The normalized spacial score (nSPS) is 12.6. The third-order valence-electron chi connectivity index (χ3n) is 4.60. The maximum atomic E-state index is 12.9. The van der Waals surface area contributed by atoms with Gasteiger partial charge in [-0.15, -0.1) is 11.3 Å². The molecule has 0 spiro atoms. The van der Waals surface area contributed by atoms with E-state index < -0.39 is 6.10 Å². The van der Waals surface area contributed by atoms with Crippen molar-refractivity contribution in [3.63, 3.8) is 0 Å². The summed E-state index contributed by atoms with van der Waals surface area (Å²) in [5.41, 5.74) is 1.30. The molecule has 0 fully saturated rings. The highest BCUT2D eigenvalue weighted by Gasteiger charge is 2.24. The van der Waals surface area contributed by atoms with Crippen LogP contribution in [-0.2, 0) is 16.8 Å². The Balaban J connectivity index is 1.62. The first-order chi connectivity index (χ1) is 13.8. The number of amides is 1. The molecule has 0 bridgehead atoms. The molecule has 0 unspecified atom stereocenters. The Hall–Kier alpha value is -2.67. The van der Waals surface area contributed by atoms with Crippen LogP contribution in [0.15, 0.2) is 46.3 Å². The third kappa shape index (κ3) is 5.23. The Morgan fingerprint density at radius 1 is 1.24 bits per heavy atom. The minimum atomic E-state index is -0.569. The predicted molar refractivity (Wildman–Crippen MR) is 114 cm³/mol. The lowest BCUT2D eigenvalue weighted by Crippen LogP contribution is -2.39. The van der Waals surface area contributed by atoms with Crippen LogP contribution < -0.4 is 4.74 Å². The highest BCUT2D eigenvalue weighted by Crippen LogP contribution is 2.25. The van der Waals surface area contributed by atoms with Gasteiger partial charge in [0.1, 0.15) is 5.75 Å². The van der Waals surface area contributed by atoms with E-state index in [1.807, 2.05) is 48.7 Å². The zero-order valence-corrected chi connectivity index (χ0v) is 18.3. The van der Waals surface area contributed by atoms with Gasteiger partial charge in [0.25, 0.3) is 5.91 Å². The number of nitrogens with zero attached hydrogens (tertiary/aromatic N) is 3. The van der Waals surface area contributed by atoms with Gasteiger partial charge in [0.05, 0.1) is 11.4 Å². The molecule has 2 aromatic heterocycles. The molecule has 0 aliphatic heterocycles. The zero-order valence-electron chi connectivity index (χ0n) is 17.5. The zero-order chi connectivity index (χ0) is 21.0. The van der Waals surface area contributed by atoms with Gasteiger partial charge < -0.3 is 14.2 Å². The van der Waals surface area contributed by atoms with Gasteiger partial charge in [-0.2, -0.15) is 4.98 Å². The number of ether oxygens (including phenoxy) is 1. The number of thiophene rings is 1. The van der Waals surface area contributed by atoms with Gasteiger partial charge in [0.2, 0.25) is 11.7 Å². The Bertz CT molecular complexity index is 927. The van der Waals surface area contributed by atoms with Crippen LogP contribution in [0.2, 0.25) is 0 Å². The molecule has 3 aromatic rings. The monoisotopic (exact) mass is 413 g/mol. The lowest BCUT2D eigenvalue weighted by atomic mass is 9.87. The van der Waals surface area contributed by atoms with E-state index in [-0.39, 0.29) is 17.9 Å². The molecule has 6 nitrogen and oxygen atoms in total. The van der Waals surface area contributed by atoms with Crippen molar-refractivity contribution in [1.82, 2.24) is 15.0 Å². The van der Waals surface area contributed by atoms with Crippen LogP contribution in [0.5, 0.6) is 5.75 Å². The summed E-state index contributed by atoms with van der Waals surface area (Å²) in [7, 11) is 1.71. The van der Waals surface area contributed by atoms with E-state index >= 15 is 0 Å². The number of carbonyl (C=O) groups is 1. The summed E-state index contributed by atoms with van der Waals surface area (Å²) in [6.07, 6.45) is -0.00532. The summed E-state index contributed by atoms with van der Waals surface area (Å²) in [4.78, 5) is 19.7. The summed E-state index contributed by atoms with van der Waals surface area (Å²) < 4.78 is 11.3. The Labute approximate surface area is 175 Å². The van der Waals surface area contributed by atoms with Crippen molar-refractivity contribution in [2.24, 2.45) is 0 Å². The number of benzene rings is 1. The molecular formula is C22H27N3O3S. The molecule has 0 aliphatic carbocycles. The molecule has 1 aromatic carbocycles. The molecule has 1 amide bonds. The van der Waals surface area contributed by atoms with E-state index in [9.17, 15) is 4.79 Å². The van der Waals surface area contributed by atoms with E-state index in [1.165, 1.54) is 5.56 Å². The standard InChI is InChI=1S/C22H27N3O3S/c1-6-17(27-16-11-9-15(10-12-16)22(2,3)4)21(26)25(5)14-19-23-20(24-28-19)18-8-7-13-29-18/h7-13,17H,6,14H2,1-5H3/t17-/m1/s1. The molecule has 0 saturated carbocycles. The number of carbonyl (C=O) groups excluding carboxylic acids is 1. The molecule has 3 rings (SSSR count). The summed E-state index contributed by atoms with van der Waals surface area (Å²) in [5, 5.41) is 5.94. The fraction of sp³-hybridized carbons (Fsp3) is 0.409. The average molecular weight is 414 g/mol. The quantitative estimate of drug-likeness (QED) is 0.550. The molecule has 0 aliphatic rings. The van der Waals surface area contributed by atoms with Crippen LogP contribution in [0.1, 0.15) is 45.6 Å². The second-order valence-corrected chi connectivity index (χ2v) is 8.92. The van der Waals surface area contributed by atoms with Crippen LogP contribution in [0.4, 0.5) is 0 Å². The van der Waals surface area contributed by atoms with Crippen LogP contribution in [0.3, 0.4) is 0 Å². The van der Waals surface area contributed by atoms with E-state index in [0.29, 0.717) is 23.9 Å². The fourth-order valence-electron chi connectivity index (χ4n) is 2.86. The van der Waals surface area contributed by atoms with Gasteiger partial charge in [-0.25, -0.2) is 0 Å². The van der Waals surface area contributed by atoms with E-state index in [4.69, 9.17) is 9.26 Å². The predicted octanol–water partition coefficient (Wildman–Crippen LogP) is 4.91. The van der Waals surface area contributed by atoms with Crippen molar-refractivity contribution in [1.29, 1.82) is 0 Å². The highest BCUT2D eigenvalue weighted by molar-refractivity contribution is 7.13. The smallest absolute Gasteiger partial charge is 0.263 e. The van der Waals surface area contributed by atoms with Gasteiger partial charge in [-0.3, -0.25) is 4.79 Å². The number of aromatic nitrogens is 2. The lowest BCUT2D eigenvalue weighted by molar-refractivity contribution is -0.138. The van der Waals surface area contributed by atoms with Crippen LogP contribution >= 0.6 is 11.3 Å². The van der Waals surface area contributed by atoms with Crippen molar-refractivity contribution in [3.8, 4) is 16.5 Å². The van der Waals surface area contributed by atoms with Crippen LogP contribution in [0.25, 0.3) is 10.7 Å². The summed E-state index contributed by atoms with van der Waals surface area (Å²) in [5.74, 6) is 1.50. The number of rotatable bonds is 7. The van der Waals surface area contributed by atoms with Crippen molar-refractivity contribution < 1.29 is 14.1 Å². The average Bonchev–Trinajstić information content (AvgIpc) is 3.37. The van der Waals surface area contributed by atoms with E-state index in [2.05, 4.69) is 30.9 Å². The van der Waals surface area contributed by atoms with Crippen molar-refractivity contribution in [3.05, 3.63) is 53.2 Å². The molecule has 0 saturated heterocycles. The third-order valence-corrected chi connectivity index (χ3v) is 5.47. The summed E-state index contributed by atoms with van der Waals surface area (Å²) in [6.45, 7) is 8.66. The van der Waals surface area contributed by atoms with Gasteiger partial charge in [0.15, 0.2) is 6.10 Å². The highest BCUT2D eigenvalue weighted by atomic mass is 32.1. The molecular weight excluding hydrogens is 386 g/mol. The first kappa shape index (κ1) is 21.0. The summed E-state index contributed by atoms with van der Waals surface area (Å²) >= 11 is 1.54. The van der Waals surface area contributed by atoms with Gasteiger partial charge in [0, 0.05) is 7.05 Å². The molecule has 0 N–H and O–H groups in total. The van der Waals surface area contributed by atoms with Crippen molar-refractivity contribution >= 4 is 17.2 Å². The number of hydrogen-bond acceptors (Lipinski definition) is 6. The molecule has 29 heavy (non-hydrogen) atoms. The fourth-order valence-corrected chi connectivity index (χ4v) is 3.51. The second-order valence-electron chi connectivity index (χ2n) is 7.97. The topological polar surface area (TPSA) is 68.5 Å². The van der Waals surface area contributed by atoms with Crippen molar-refractivity contribution in [2.45, 2.75) is 52.2 Å². The largest absolute Gasteiger partial charge is 0.481 e. The van der Waals surface area contributed by atoms with Crippen molar-refractivity contribution in [2.75, 3.05) is 7.05 Å².